The van der Waals surface area contributed by atoms with Crippen LogP contribution in [0.2, 0.25) is 5.02 Å². The van der Waals surface area contributed by atoms with Gasteiger partial charge in [0.1, 0.15) is 5.82 Å². The van der Waals surface area contributed by atoms with Gasteiger partial charge in [-0.1, -0.05) is 23.7 Å². The average Bonchev–Trinajstić information content (AvgIpc) is 3.26. The molecule has 30 heavy (non-hydrogen) atoms. The Bertz CT molecular complexity index is 845. The number of halogens is 1. The van der Waals surface area contributed by atoms with Gasteiger partial charge < -0.3 is 15.1 Å². The first-order chi connectivity index (χ1) is 14.5. The van der Waals surface area contributed by atoms with Crippen molar-refractivity contribution in [1.82, 2.24) is 9.88 Å². The Labute approximate surface area is 184 Å². The number of benzene rings is 1. The number of aromatic nitrogens is 1. The lowest BCUT2D eigenvalue weighted by molar-refractivity contribution is -0.120. The number of nitrogens with one attached hydrogen (secondary N) is 1. The lowest BCUT2D eigenvalue weighted by Gasteiger charge is -2.28. The summed E-state index contributed by atoms with van der Waals surface area (Å²) in [6, 6.07) is 12.7. The van der Waals surface area contributed by atoms with Crippen molar-refractivity contribution in [1.29, 1.82) is 0 Å². The van der Waals surface area contributed by atoms with Crippen LogP contribution in [-0.2, 0) is 4.79 Å². The highest BCUT2D eigenvalue weighted by atomic mass is 35.5. The normalized spacial score (nSPS) is 24.3. The van der Waals surface area contributed by atoms with E-state index in [9.17, 15) is 4.79 Å². The third kappa shape index (κ3) is 4.96. The number of anilines is 2. The molecule has 2 fully saturated rings. The minimum atomic E-state index is 0.0765. The maximum Gasteiger partial charge on any atom is 0.227 e. The third-order valence-corrected chi connectivity index (χ3v) is 6.92. The first-order valence-electron chi connectivity index (χ1n) is 10.9. The molecule has 4 rings (SSSR count). The van der Waals surface area contributed by atoms with Crippen molar-refractivity contribution >= 4 is 29.0 Å². The second kappa shape index (κ2) is 9.36. The molecule has 1 saturated heterocycles. The van der Waals surface area contributed by atoms with Crippen LogP contribution in [-0.4, -0.2) is 49.0 Å². The minimum absolute atomic E-state index is 0.0765. The molecule has 1 aliphatic carbocycles. The predicted molar refractivity (Wildman–Crippen MR) is 123 cm³/mol. The van der Waals surface area contributed by atoms with Gasteiger partial charge in [0.2, 0.25) is 5.91 Å². The molecule has 2 aliphatic rings. The smallest absolute Gasteiger partial charge is 0.227 e. The summed E-state index contributed by atoms with van der Waals surface area (Å²) < 4.78 is 0. The van der Waals surface area contributed by atoms with Crippen LogP contribution in [0.5, 0.6) is 0 Å². The van der Waals surface area contributed by atoms with E-state index in [-0.39, 0.29) is 11.8 Å². The van der Waals surface area contributed by atoms with E-state index in [2.05, 4.69) is 46.3 Å². The first kappa shape index (κ1) is 21.1. The van der Waals surface area contributed by atoms with Gasteiger partial charge in [0.05, 0.1) is 11.9 Å². The quantitative estimate of drug-likeness (QED) is 0.746. The number of carbonyl (C=O) groups is 1. The number of nitrogens with zero attached hydrogens (tertiary/aromatic N) is 3. The lowest BCUT2D eigenvalue weighted by Crippen LogP contribution is -2.31. The van der Waals surface area contributed by atoms with Crippen molar-refractivity contribution in [3.05, 3.63) is 53.2 Å². The monoisotopic (exact) mass is 426 g/mol. The zero-order valence-corrected chi connectivity index (χ0v) is 18.6. The molecule has 0 bridgehead atoms. The van der Waals surface area contributed by atoms with E-state index in [0.29, 0.717) is 12.0 Å². The Balaban J connectivity index is 1.28. The number of likely N-dealkylation sites (N-methyl/N-ethyl adjacent to an activating group) is 1. The lowest BCUT2D eigenvalue weighted by atomic mass is 9.78. The van der Waals surface area contributed by atoms with E-state index >= 15 is 0 Å². The molecule has 2 aromatic rings. The Morgan fingerprint density at radius 1 is 1.07 bits per heavy atom. The van der Waals surface area contributed by atoms with Crippen LogP contribution in [0.3, 0.4) is 0 Å². The van der Waals surface area contributed by atoms with E-state index in [1.54, 1.807) is 6.20 Å². The van der Waals surface area contributed by atoms with Gasteiger partial charge in [-0.25, -0.2) is 4.98 Å². The molecule has 1 atom stereocenters. The van der Waals surface area contributed by atoms with Crippen molar-refractivity contribution in [2.24, 2.45) is 5.92 Å². The van der Waals surface area contributed by atoms with E-state index in [1.165, 1.54) is 5.56 Å². The van der Waals surface area contributed by atoms with Crippen LogP contribution in [0.4, 0.5) is 11.5 Å². The summed E-state index contributed by atoms with van der Waals surface area (Å²) in [7, 11) is 4.26. The summed E-state index contributed by atoms with van der Waals surface area (Å²) in [4.78, 5) is 21.9. The van der Waals surface area contributed by atoms with Crippen LogP contribution >= 0.6 is 11.6 Å². The van der Waals surface area contributed by atoms with E-state index in [0.717, 1.165) is 61.7 Å². The van der Waals surface area contributed by atoms with Gasteiger partial charge in [-0.15, -0.1) is 0 Å². The molecular weight excluding hydrogens is 396 g/mol. The van der Waals surface area contributed by atoms with Crippen LogP contribution in [0.25, 0.3) is 0 Å². The standard InChI is InChI=1S/C24H31ClN4O/c1-28(2)22-13-14-29(16-22)23-12-11-21(15-26-23)27-24(30)19-5-3-17(4-6-19)18-7-9-20(25)10-8-18/h7-12,15,17,19,22H,3-6,13-14,16H2,1-2H3,(H,27,30). The number of amides is 1. The fourth-order valence-electron chi connectivity index (χ4n) is 4.69. The van der Waals surface area contributed by atoms with Gasteiger partial charge in [-0.05, 0) is 81.9 Å². The molecule has 1 aromatic heterocycles. The number of hydrogen-bond donors (Lipinski definition) is 1. The van der Waals surface area contributed by atoms with Gasteiger partial charge in [0.15, 0.2) is 0 Å². The summed E-state index contributed by atoms with van der Waals surface area (Å²) in [5.41, 5.74) is 2.11. The molecule has 0 spiro atoms. The van der Waals surface area contributed by atoms with Crippen LogP contribution in [0, 0.1) is 5.92 Å². The number of carbonyl (C=O) groups excluding carboxylic acids is 1. The summed E-state index contributed by atoms with van der Waals surface area (Å²) in [5.74, 6) is 1.71. The molecule has 1 amide bonds. The summed E-state index contributed by atoms with van der Waals surface area (Å²) in [5, 5.41) is 3.84. The Kier molecular flexibility index (Phi) is 6.59. The molecule has 1 unspecified atom stereocenters. The van der Waals surface area contributed by atoms with Gasteiger partial charge in [-0.2, -0.15) is 0 Å². The molecule has 0 radical (unpaired) electrons. The van der Waals surface area contributed by atoms with Crippen molar-refractivity contribution in [2.75, 3.05) is 37.4 Å². The molecule has 1 saturated carbocycles. The number of rotatable bonds is 5. The third-order valence-electron chi connectivity index (χ3n) is 6.67. The molecule has 160 valence electrons. The van der Waals surface area contributed by atoms with Crippen LogP contribution < -0.4 is 10.2 Å². The molecule has 1 aliphatic heterocycles. The van der Waals surface area contributed by atoms with Crippen molar-refractivity contribution in [3.8, 4) is 0 Å². The van der Waals surface area contributed by atoms with Gasteiger partial charge in [0.25, 0.3) is 0 Å². The Morgan fingerprint density at radius 3 is 2.40 bits per heavy atom. The van der Waals surface area contributed by atoms with Crippen molar-refractivity contribution < 1.29 is 4.79 Å². The largest absolute Gasteiger partial charge is 0.355 e. The highest BCUT2D eigenvalue weighted by molar-refractivity contribution is 6.30. The van der Waals surface area contributed by atoms with Crippen LogP contribution in [0.1, 0.15) is 43.6 Å². The Hall–Kier alpha value is -2.11. The van der Waals surface area contributed by atoms with E-state index < -0.39 is 0 Å². The average molecular weight is 427 g/mol. The Morgan fingerprint density at radius 2 is 1.80 bits per heavy atom. The number of hydrogen-bond acceptors (Lipinski definition) is 4. The van der Waals surface area contributed by atoms with Crippen LogP contribution in [0.15, 0.2) is 42.6 Å². The second-order valence-electron chi connectivity index (χ2n) is 8.85. The van der Waals surface area contributed by atoms with Gasteiger partial charge >= 0.3 is 0 Å². The maximum absolute atomic E-state index is 12.7. The first-order valence-corrected chi connectivity index (χ1v) is 11.3. The summed E-state index contributed by atoms with van der Waals surface area (Å²) >= 11 is 6.00. The van der Waals surface area contributed by atoms with Gasteiger partial charge in [-0.3, -0.25) is 4.79 Å². The molecule has 2 heterocycles. The highest BCUT2D eigenvalue weighted by Crippen LogP contribution is 2.36. The topological polar surface area (TPSA) is 48.5 Å². The zero-order valence-electron chi connectivity index (χ0n) is 17.9. The summed E-state index contributed by atoms with van der Waals surface area (Å²) in [6.07, 6.45) is 6.87. The number of pyridine rings is 1. The minimum Gasteiger partial charge on any atom is -0.355 e. The van der Waals surface area contributed by atoms with E-state index in [4.69, 9.17) is 11.6 Å². The maximum atomic E-state index is 12.7. The van der Waals surface area contributed by atoms with Crippen molar-refractivity contribution in [2.45, 2.75) is 44.1 Å². The fourth-order valence-corrected chi connectivity index (χ4v) is 4.81. The van der Waals surface area contributed by atoms with Crippen molar-refractivity contribution in [3.63, 3.8) is 0 Å². The molecule has 1 N–H and O–H groups in total. The highest BCUT2D eigenvalue weighted by Gasteiger charge is 2.28. The SMILES string of the molecule is CN(C)C1CCN(c2ccc(NC(=O)C3CCC(c4ccc(Cl)cc4)CC3)cn2)C1. The molecule has 1 aromatic carbocycles. The van der Waals surface area contributed by atoms with Gasteiger partial charge in [0, 0.05) is 30.1 Å². The molecule has 5 nitrogen and oxygen atoms in total. The van der Waals surface area contributed by atoms with E-state index in [1.807, 2.05) is 24.3 Å². The fraction of sp³-hybridized carbons (Fsp3) is 0.500. The zero-order chi connectivity index (χ0) is 21.1. The molecule has 6 heteroatoms. The molecular formula is C24H31ClN4O. The second-order valence-corrected chi connectivity index (χ2v) is 9.28. The predicted octanol–water partition coefficient (Wildman–Crippen LogP) is 4.79. The summed E-state index contributed by atoms with van der Waals surface area (Å²) in [6.45, 7) is 2.03.